The minimum Gasteiger partial charge on any atom is -0.375 e. The molecule has 6 heteroatoms. The molecule has 0 radical (unpaired) electrons. The van der Waals surface area contributed by atoms with Crippen LogP contribution in [0.15, 0.2) is 5.38 Å². The van der Waals surface area contributed by atoms with Crippen molar-refractivity contribution in [2.75, 3.05) is 12.8 Å². The third kappa shape index (κ3) is 2.67. The molecule has 0 aliphatic heterocycles. The first kappa shape index (κ1) is 11.5. The van der Waals surface area contributed by atoms with E-state index in [0.717, 1.165) is 0 Å². The number of nitrogen functional groups attached to an aromatic ring is 1. The lowest BCUT2D eigenvalue weighted by molar-refractivity contribution is 0.0741. The van der Waals surface area contributed by atoms with E-state index in [-0.39, 0.29) is 11.9 Å². The van der Waals surface area contributed by atoms with Gasteiger partial charge in [0.1, 0.15) is 5.69 Å². The molecule has 1 unspecified atom stereocenters. The van der Waals surface area contributed by atoms with E-state index in [4.69, 9.17) is 11.0 Å². The molecule has 1 aromatic heterocycles. The summed E-state index contributed by atoms with van der Waals surface area (Å²) in [6.45, 7) is 1.82. The van der Waals surface area contributed by atoms with Crippen LogP contribution in [0.25, 0.3) is 0 Å². The number of carbonyl (C=O) groups is 1. The highest BCUT2D eigenvalue weighted by molar-refractivity contribution is 7.13. The number of carbonyl (C=O) groups excluding carboxylic acids is 1. The molecular weight excluding hydrogens is 212 g/mol. The van der Waals surface area contributed by atoms with Crippen molar-refractivity contribution in [2.45, 2.75) is 19.4 Å². The van der Waals surface area contributed by atoms with Crippen LogP contribution in [-0.4, -0.2) is 28.9 Å². The summed E-state index contributed by atoms with van der Waals surface area (Å²) in [6, 6.07) is 1.90. The summed E-state index contributed by atoms with van der Waals surface area (Å²) in [5.41, 5.74) is 5.77. The summed E-state index contributed by atoms with van der Waals surface area (Å²) >= 11 is 1.23. The SMILES string of the molecule is CC(CC#N)N(C)C(=O)c1csc(N)n1. The van der Waals surface area contributed by atoms with E-state index in [2.05, 4.69) is 4.98 Å². The molecule has 5 nitrogen and oxygen atoms in total. The van der Waals surface area contributed by atoms with Crippen LogP contribution in [0.4, 0.5) is 5.13 Å². The molecule has 1 amide bonds. The Balaban J connectivity index is 2.73. The van der Waals surface area contributed by atoms with E-state index in [1.807, 2.05) is 13.0 Å². The highest BCUT2D eigenvalue weighted by atomic mass is 32.1. The summed E-state index contributed by atoms with van der Waals surface area (Å²) in [5.74, 6) is -0.203. The number of anilines is 1. The quantitative estimate of drug-likeness (QED) is 0.833. The van der Waals surface area contributed by atoms with Gasteiger partial charge in [-0.05, 0) is 6.92 Å². The molecule has 1 aromatic rings. The van der Waals surface area contributed by atoms with Gasteiger partial charge in [-0.15, -0.1) is 11.3 Å². The number of hydrogen-bond donors (Lipinski definition) is 1. The lowest BCUT2D eigenvalue weighted by atomic mass is 10.2. The normalized spacial score (nSPS) is 11.8. The van der Waals surface area contributed by atoms with Crippen LogP contribution in [0.2, 0.25) is 0 Å². The van der Waals surface area contributed by atoms with Crippen LogP contribution >= 0.6 is 11.3 Å². The van der Waals surface area contributed by atoms with Gasteiger partial charge in [0.25, 0.3) is 5.91 Å². The van der Waals surface area contributed by atoms with Crippen molar-refractivity contribution in [1.29, 1.82) is 5.26 Å². The standard InChI is InChI=1S/C9H12N4OS/c1-6(3-4-10)13(2)8(14)7-5-15-9(11)12-7/h5-6H,3H2,1-2H3,(H2,11,12). The Morgan fingerprint density at radius 1 is 1.87 bits per heavy atom. The number of amides is 1. The maximum absolute atomic E-state index is 11.8. The van der Waals surface area contributed by atoms with Crippen molar-refractivity contribution in [3.63, 3.8) is 0 Å². The van der Waals surface area contributed by atoms with Crippen LogP contribution in [0, 0.1) is 11.3 Å². The zero-order valence-electron chi connectivity index (χ0n) is 8.60. The Morgan fingerprint density at radius 3 is 3.00 bits per heavy atom. The number of nitrogens with two attached hydrogens (primary N) is 1. The fourth-order valence-corrected chi connectivity index (χ4v) is 1.57. The molecule has 0 spiro atoms. The maximum atomic E-state index is 11.8. The van der Waals surface area contributed by atoms with Crippen molar-refractivity contribution in [2.24, 2.45) is 0 Å². The zero-order valence-corrected chi connectivity index (χ0v) is 9.41. The second kappa shape index (κ2) is 4.75. The molecular formula is C9H12N4OS. The third-order valence-corrected chi connectivity index (χ3v) is 2.78. The van der Waals surface area contributed by atoms with Crippen LogP contribution in [0.5, 0.6) is 0 Å². The van der Waals surface area contributed by atoms with Gasteiger partial charge >= 0.3 is 0 Å². The molecule has 0 aliphatic carbocycles. The molecule has 0 fully saturated rings. The van der Waals surface area contributed by atoms with E-state index in [9.17, 15) is 4.79 Å². The van der Waals surface area contributed by atoms with E-state index >= 15 is 0 Å². The first-order valence-corrected chi connectivity index (χ1v) is 5.29. The molecule has 1 rings (SSSR count). The predicted molar refractivity (Wildman–Crippen MR) is 58.3 cm³/mol. The first-order valence-electron chi connectivity index (χ1n) is 4.41. The van der Waals surface area contributed by atoms with Crippen molar-refractivity contribution in [3.8, 4) is 6.07 Å². The van der Waals surface area contributed by atoms with E-state index < -0.39 is 0 Å². The Hall–Kier alpha value is -1.61. The molecule has 0 aliphatic rings. The largest absolute Gasteiger partial charge is 0.375 e. The van der Waals surface area contributed by atoms with E-state index in [1.54, 1.807) is 12.4 Å². The van der Waals surface area contributed by atoms with Gasteiger partial charge in [-0.3, -0.25) is 4.79 Å². The number of nitrogens with zero attached hydrogens (tertiary/aromatic N) is 3. The second-order valence-electron chi connectivity index (χ2n) is 3.20. The monoisotopic (exact) mass is 224 g/mol. The van der Waals surface area contributed by atoms with E-state index in [1.165, 1.54) is 16.2 Å². The van der Waals surface area contributed by atoms with Gasteiger partial charge < -0.3 is 10.6 Å². The van der Waals surface area contributed by atoms with Gasteiger partial charge in [0.2, 0.25) is 0 Å². The lowest BCUT2D eigenvalue weighted by Crippen LogP contribution is -2.35. The minimum absolute atomic E-state index is 0.120. The summed E-state index contributed by atoms with van der Waals surface area (Å²) in [7, 11) is 1.65. The van der Waals surface area contributed by atoms with Crippen molar-refractivity contribution in [1.82, 2.24) is 9.88 Å². The van der Waals surface area contributed by atoms with Gasteiger partial charge in [-0.1, -0.05) is 0 Å². The first-order chi connectivity index (χ1) is 7.06. The lowest BCUT2D eigenvalue weighted by Gasteiger charge is -2.21. The van der Waals surface area contributed by atoms with Crippen LogP contribution in [0.1, 0.15) is 23.8 Å². The molecule has 1 atom stereocenters. The Morgan fingerprint density at radius 2 is 2.53 bits per heavy atom. The van der Waals surface area contributed by atoms with Gasteiger partial charge in [0.15, 0.2) is 5.13 Å². The van der Waals surface area contributed by atoms with Crippen LogP contribution in [0.3, 0.4) is 0 Å². The molecule has 0 bridgehead atoms. The van der Waals surface area contributed by atoms with Crippen molar-refractivity contribution in [3.05, 3.63) is 11.1 Å². The Bertz CT molecular complexity index is 395. The highest BCUT2D eigenvalue weighted by Gasteiger charge is 2.19. The number of rotatable bonds is 3. The fourth-order valence-electron chi connectivity index (χ4n) is 1.04. The second-order valence-corrected chi connectivity index (χ2v) is 4.09. The third-order valence-electron chi connectivity index (χ3n) is 2.11. The van der Waals surface area contributed by atoms with Gasteiger partial charge in [-0.2, -0.15) is 5.26 Å². The summed E-state index contributed by atoms with van der Waals surface area (Å²) in [6.07, 6.45) is 0.307. The summed E-state index contributed by atoms with van der Waals surface area (Å²) in [5, 5.41) is 10.5. The Labute approximate surface area is 92.1 Å². The smallest absolute Gasteiger partial charge is 0.273 e. The van der Waals surface area contributed by atoms with Crippen LogP contribution < -0.4 is 5.73 Å². The zero-order chi connectivity index (χ0) is 11.4. The molecule has 0 aromatic carbocycles. The molecule has 2 N–H and O–H groups in total. The fraction of sp³-hybridized carbons (Fsp3) is 0.444. The molecule has 15 heavy (non-hydrogen) atoms. The maximum Gasteiger partial charge on any atom is 0.273 e. The summed E-state index contributed by atoms with van der Waals surface area (Å²) < 4.78 is 0. The summed E-state index contributed by atoms with van der Waals surface area (Å²) in [4.78, 5) is 17.2. The van der Waals surface area contributed by atoms with Gasteiger partial charge in [0.05, 0.1) is 12.5 Å². The van der Waals surface area contributed by atoms with Gasteiger partial charge in [-0.25, -0.2) is 4.98 Å². The van der Waals surface area contributed by atoms with Crippen molar-refractivity contribution >= 4 is 22.4 Å². The van der Waals surface area contributed by atoms with E-state index in [0.29, 0.717) is 17.2 Å². The van der Waals surface area contributed by atoms with Crippen LogP contribution in [-0.2, 0) is 0 Å². The highest BCUT2D eigenvalue weighted by Crippen LogP contribution is 2.14. The molecule has 0 saturated carbocycles. The Kier molecular flexibility index (Phi) is 3.63. The number of nitriles is 1. The predicted octanol–water partition coefficient (Wildman–Crippen LogP) is 1.10. The molecule has 80 valence electrons. The molecule has 0 saturated heterocycles. The van der Waals surface area contributed by atoms with Gasteiger partial charge in [0, 0.05) is 18.5 Å². The average Bonchev–Trinajstić information content (AvgIpc) is 2.63. The minimum atomic E-state index is -0.203. The topological polar surface area (TPSA) is 83.0 Å². The van der Waals surface area contributed by atoms with Crippen molar-refractivity contribution < 1.29 is 4.79 Å². The average molecular weight is 224 g/mol. The number of thiazole rings is 1. The molecule has 1 heterocycles. The number of hydrogen-bond acceptors (Lipinski definition) is 5. The number of aromatic nitrogens is 1.